The number of aromatic nitrogens is 2. The topological polar surface area (TPSA) is 40.8 Å². The summed E-state index contributed by atoms with van der Waals surface area (Å²) in [6, 6.07) is 5.82. The van der Waals surface area contributed by atoms with E-state index in [1.807, 2.05) is 28.8 Å². The van der Waals surface area contributed by atoms with Crippen LogP contribution >= 0.6 is 0 Å². The van der Waals surface area contributed by atoms with E-state index in [9.17, 15) is 4.79 Å². The Morgan fingerprint density at radius 3 is 2.72 bits per heavy atom. The molecule has 0 atom stereocenters. The van der Waals surface area contributed by atoms with E-state index < -0.39 is 0 Å². The van der Waals surface area contributed by atoms with Crippen molar-refractivity contribution in [2.24, 2.45) is 0 Å². The number of piperazine rings is 1. The average Bonchev–Trinajstić information content (AvgIpc) is 2.78. The molecule has 0 saturated carbocycles. The molecule has 0 spiro atoms. The van der Waals surface area contributed by atoms with Gasteiger partial charge in [-0.2, -0.15) is 0 Å². The first kappa shape index (κ1) is 11.2. The average molecular weight is 244 g/mol. The summed E-state index contributed by atoms with van der Waals surface area (Å²) in [6.07, 6.45) is 2.81. The molecule has 1 fully saturated rings. The lowest BCUT2D eigenvalue weighted by atomic mass is 10.3. The van der Waals surface area contributed by atoms with Gasteiger partial charge in [-0.1, -0.05) is 6.07 Å². The second-order valence-electron chi connectivity index (χ2n) is 4.66. The van der Waals surface area contributed by atoms with E-state index in [-0.39, 0.29) is 0 Å². The molecule has 5 heteroatoms. The third-order valence-corrected chi connectivity index (χ3v) is 3.45. The quantitative estimate of drug-likeness (QED) is 0.736. The van der Waals surface area contributed by atoms with Gasteiger partial charge in [0.15, 0.2) is 6.29 Å². The molecule has 0 radical (unpaired) electrons. The first-order valence-electron chi connectivity index (χ1n) is 6.15. The van der Waals surface area contributed by atoms with Gasteiger partial charge >= 0.3 is 0 Å². The number of fused-ring (bicyclic) bond motifs is 1. The molecule has 94 valence electrons. The Labute approximate surface area is 106 Å². The van der Waals surface area contributed by atoms with Crippen LogP contribution in [0, 0.1) is 0 Å². The number of hydrogen-bond acceptors (Lipinski definition) is 4. The Hall–Kier alpha value is -1.88. The fourth-order valence-electron chi connectivity index (χ4n) is 2.41. The molecule has 0 N–H and O–H groups in total. The van der Waals surface area contributed by atoms with Crippen molar-refractivity contribution in [1.82, 2.24) is 14.3 Å². The molecule has 2 aromatic heterocycles. The molecule has 1 saturated heterocycles. The number of carbonyl (C=O) groups excluding carboxylic acids is 1. The van der Waals surface area contributed by atoms with Gasteiger partial charge in [-0.25, -0.2) is 4.98 Å². The Bertz CT molecular complexity index is 569. The number of likely N-dealkylation sites (N-methyl/N-ethyl adjacent to an activating group) is 1. The number of aldehydes is 1. The summed E-state index contributed by atoms with van der Waals surface area (Å²) in [4.78, 5) is 20.1. The second-order valence-corrected chi connectivity index (χ2v) is 4.66. The summed E-state index contributed by atoms with van der Waals surface area (Å²) in [7, 11) is 2.12. The molecule has 0 bridgehead atoms. The third-order valence-electron chi connectivity index (χ3n) is 3.45. The molecule has 18 heavy (non-hydrogen) atoms. The molecule has 1 aliphatic rings. The van der Waals surface area contributed by atoms with Gasteiger partial charge in [0.1, 0.15) is 17.2 Å². The molecule has 5 nitrogen and oxygen atoms in total. The van der Waals surface area contributed by atoms with Gasteiger partial charge in [0, 0.05) is 32.4 Å². The van der Waals surface area contributed by atoms with E-state index in [4.69, 9.17) is 0 Å². The van der Waals surface area contributed by atoms with Crippen molar-refractivity contribution in [2.75, 3.05) is 38.1 Å². The van der Waals surface area contributed by atoms with Gasteiger partial charge in [-0.3, -0.25) is 9.20 Å². The zero-order valence-electron chi connectivity index (χ0n) is 10.4. The summed E-state index contributed by atoms with van der Waals surface area (Å²) >= 11 is 0. The molecule has 1 aliphatic heterocycles. The highest BCUT2D eigenvalue weighted by molar-refractivity contribution is 5.83. The highest BCUT2D eigenvalue weighted by Crippen LogP contribution is 2.22. The van der Waals surface area contributed by atoms with Crippen LogP contribution in [0.3, 0.4) is 0 Å². The number of hydrogen-bond donors (Lipinski definition) is 0. The monoisotopic (exact) mass is 244 g/mol. The third kappa shape index (κ3) is 1.76. The van der Waals surface area contributed by atoms with E-state index in [0.717, 1.165) is 43.9 Å². The van der Waals surface area contributed by atoms with Crippen LogP contribution in [0.2, 0.25) is 0 Å². The number of anilines is 1. The van der Waals surface area contributed by atoms with E-state index in [1.165, 1.54) is 0 Å². The fraction of sp³-hybridized carbons (Fsp3) is 0.385. The minimum absolute atomic E-state index is 0.533. The number of carbonyl (C=O) groups is 1. The van der Waals surface area contributed by atoms with Crippen LogP contribution in [-0.4, -0.2) is 53.8 Å². The molecule has 0 aromatic carbocycles. The first-order valence-corrected chi connectivity index (χ1v) is 6.15. The molecule has 0 amide bonds. The SMILES string of the molecule is CN1CCN(c2c(C=O)nc3ccccn23)CC1. The Kier molecular flexibility index (Phi) is 2.76. The van der Waals surface area contributed by atoms with E-state index >= 15 is 0 Å². The lowest BCUT2D eigenvalue weighted by Gasteiger charge is -2.33. The van der Waals surface area contributed by atoms with E-state index in [1.54, 1.807) is 0 Å². The minimum atomic E-state index is 0.533. The van der Waals surface area contributed by atoms with Gasteiger partial charge in [-0.15, -0.1) is 0 Å². The van der Waals surface area contributed by atoms with Gasteiger partial charge in [-0.05, 0) is 19.2 Å². The van der Waals surface area contributed by atoms with Crippen LogP contribution in [0.1, 0.15) is 10.5 Å². The second kappa shape index (κ2) is 4.42. The molecule has 0 aliphatic carbocycles. The van der Waals surface area contributed by atoms with Crippen molar-refractivity contribution in [2.45, 2.75) is 0 Å². The van der Waals surface area contributed by atoms with Crippen molar-refractivity contribution in [3.8, 4) is 0 Å². The largest absolute Gasteiger partial charge is 0.353 e. The zero-order chi connectivity index (χ0) is 12.5. The molecule has 3 heterocycles. The van der Waals surface area contributed by atoms with Crippen molar-refractivity contribution in [1.29, 1.82) is 0 Å². The van der Waals surface area contributed by atoms with Crippen LogP contribution in [0.4, 0.5) is 5.82 Å². The van der Waals surface area contributed by atoms with Crippen molar-refractivity contribution >= 4 is 17.8 Å². The Morgan fingerprint density at radius 2 is 2.00 bits per heavy atom. The van der Waals surface area contributed by atoms with Crippen LogP contribution in [-0.2, 0) is 0 Å². The Balaban J connectivity index is 2.06. The van der Waals surface area contributed by atoms with Crippen LogP contribution in [0.25, 0.3) is 5.65 Å². The minimum Gasteiger partial charge on any atom is -0.353 e. The maximum absolute atomic E-state index is 11.2. The normalized spacial score (nSPS) is 17.3. The number of nitrogens with zero attached hydrogens (tertiary/aromatic N) is 4. The molecular weight excluding hydrogens is 228 g/mol. The molecule has 2 aromatic rings. The lowest BCUT2D eigenvalue weighted by molar-refractivity contribution is 0.112. The van der Waals surface area contributed by atoms with Crippen LogP contribution in [0.5, 0.6) is 0 Å². The van der Waals surface area contributed by atoms with Crippen LogP contribution in [0.15, 0.2) is 24.4 Å². The molecule has 3 rings (SSSR count). The highest BCUT2D eigenvalue weighted by atomic mass is 16.1. The standard InChI is InChI=1S/C13H16N4O/c1-15-6-8-16(9-7-15)13-11(10-18)14-12-4-2-3-5-17(12)13/h2-5,10H,6-9H2,1H3. The zero-order valence-corrected chi connectivity index (χ0v) is 10.4. The summed E-state index contributed by atoms with van der Waals surface area (Å²) in [5, 5.41) is 0. The molecular formula is C13H16N4O. The predicted molar refractivity (Wildman–Crippen MR) is 70.3 cm³/mol. The van der Waals surface area contributed by atoms with E-state index in [2.05, 4.69) is 21.8 Å². The maximum atomic E-state index is 11.2. The fourth-order valence-corrected chi connectivity index (χ4v) is 2.41. The number of pyridine rings is 1. The maximum Gasteiger partial charge on any atom is 0.172 e. The van der Waals surface area contributed by atoms with Crippen molar-refractivity contribution in [3.63, 3.8) is 0 Å². The van der Waals surface area contributed by atoms with Crippen LogP contribution < -0.4 is 4.90 Å². The summed E-state index contributed by atoms with van der Waals surface area (Å²) in [5.74, 6) is 0.925. The predicted octanol–water partition coefficient (Wildman–Crippen LogP) is 0.899. The summed E-state index contributed by atoms with van der Waals surface area (Å²) in [5.41, 5.74) is 1.36. The van der Waals surface area contributed by atoms with E-state index in [0.29, 0.717) is 5.69 Å². The summed E-state index contributed by atoms with van der Waals surface area (Å²) < 4.78 is 2.00. The highest BCUT2D eigenvalue weighted by Gasteiger charge is 2.21. The van der Waals surface area contributed by atoms with Gasteiger partial charge < -0.3 is 9.80 Å². The lowest BCUT2D eigenvalue weighted by Crippen LogP contribution is -2.45. The van der Waals surface area contributed by atoms with Crippen molar-refractivity contribution < 1.29 is 4.79 Å². The van der Waals surface area contributed by atoms with Gasteiger partial charge in [0.2, 0.25) is 0 Å². The summed E-state index contributed by atoms with van der Waals surface area (Å²) in [6.45, 7) is 3.89. The smallest absolute Gasteiger partial charge is 0.172 e. The molecule has 0 unspecified atom stereocenters. The Morgan fingerprint density at radius 1 is 1.22 bits per heavy atom. The van der Waals surface area contributed by atoms with Crippen molar-refractivity contribution in [3.05, 3.63) is 30.1 Å². The first-order chi connectivity index (χ1) is 8.79. The van der Waals surface area contributed by atoms with Gasteiger partial charge in [0.05, 0.1) is 0 Å². The van der Waals surface area contributed by atoms with Gasteiger partial charge in [0.25, 0.3) is 0 Å². The number of imidazole rings is 1. The number of rotatable bonds is 2.